The Bertz CT molecular complexity index is 1100. The van der Waals surface area contributed by atoms with Gasteiger partial charge in [0, 0.05) is 30.0 Å². The van der Waals surface area contributed by atoms with Gasteiger partial charge in [-0.3, -0.25) is 14.1 Å². The van der Waals surface area contributed by atoms with E-state index in [1.165, 1.54) is 0 Å². The number of hydrogen-bond donors (Lipinski definition) is 1. The van der Waals surface area contributed by atoms with Crippen LogP contribution < -0.4 is 11.0 Å². The first-order chi connectivity index (χ1) is 13.5. The average Bonchev–Trinajstić information content (AvgIpc) is 2.97. The Morgan fingerprint density at radius 1 is 1.32 bits per heavy atom. The summed E-state index contributed by atoms with van der Waals surface area (Å²) in [7, 11) is 3.36. The predicted molar refractivity (Wildman–Crippen MR) is 112 cm³/mol. The highest BCUT2D eigenvalue weighted by Crippen LogP contribution is 2.35. The van der Waals surface area contributed by atoms with Gasteiger partial charge in [-0.25, -0.2) is 9.59 Å². The standard InChI is InChI=1S/C20H23BrN4O3/c1-22-19(26)28-11-12-3-6-14(7-4-12)25-18-15-9-13(21)5-8-16(15)23-10-17(18)24(2)20(25)27/h5,8-10,12,14H,3-4,6-7,11H2,1-2H3,(H,22,26). The van der Waals surface area contributed by atoms with Crippen LogP contribution in [0.3, 0.4) is 0 Å². The van der Waals surface area contributed by atoms with E-state index in [0.29, 0.717) is 12.5 Å². The zero-order chi connectivity index (χ0) is 19.8. The van der Waals surface area contributed by atoms with E-state index in [2.05, 4.69) is 26.2 Å². The van der Waals surface area contributed by atoms with Crippen LogP contribution in [0.15, 0.2) is 33.7 Å². The molecule has 0 aliphatic heterocycles. The van der Waals surface area contributed by atoms with Crippen LogP contribution in [-0.4, -0.2) is 33.9 Å². The number of aryl methyl sites for hydroxylation is 1. The first-order valence-electron chi connectivity index (χ1n) is 9.49. The fourth-order valence-electron chi connectivity index (χ4n) is 4.17. The van der Waals surface area contributed by atoms with Gasteiger partial charge in [-0.1, -0.05) is 15.9 Å². The highest BCUT2D eigenvalue weighted by atomic mass is 79.9. The van der Waals surface area contributed by atoms with E-state index >= 15 is 0 Å². The van der Waals surface area contributed by atoms with Gasteiger partial charge in [-0.05, 0) is 49.8 Å². The Morgan fingerprint density at radius 3 is 2.79 bits per heavy atom. The van der Waals surface area contributed by atoms with Gasteiger partial charge in [-0.2, -0.15) is 0 Å². The number of nitrogens with zero attached hydrogens (tertiary/aromatic N) is 3. The number of ether oxygens (including phenoxy) is 1. The molecule has 0 spiro atoms. The monoisotopic (exact) mass is 446 g/mol. The molecule has 0 saturated heterocycles. The normalized spacial score (nSPS) is 19.8. The van der Waals surface area contributed by atoms with Crippen LogP contribution in [0.1, 0.15) is 31.7 Å². The number of hydrogen-bond acceptors (Lipinski definition) is 4. The van der Waals surface area contributed by atoms with E-state index < -0.39 is 6.09 Å². The number of carbonyl (C=O) groups is 1. The molecule has 0 atom stereocenters. The third kappa shape index (κ3) is 3.30. The number of alkyl carbamates (subject to hydrolysis) is 1. The fraction of sp³-hybridized carbons (Fsp3) is 0.450. The molecule has 2 aromatic heterocycles. The number of halogens is 1. The van der Waals surface area contributed by atoms with Gasteiger partial charge in [0.1, 0.15) is 0 Å². The maximum absolute atomic E-state index is 13.1. The van der Waals surface area contributed by atoms with Gasteiger partial charge in [0.25, 0.3) is 0 Å². The van der Waals surface area contributed by atoms with Crippen molar-refractivity contribution in [3.05, 3.63) is 39.4 Å². The Labute approximate surface area is 170 Å². The second-order valence-corrected chi connectivity index (χ2v) is 8.30. The molecule has 1 N–H and O–H groups in total. The lowest BCUT2D eigenvalue weighted by atomic mass is 9.86. The smallest absolute Gasteiger partial charge is 0.406 e. The number of rotatable bonds is 3. The van der Waals surface area contributed by atoms with Crippen LogP contribution in [0.25, 0.3) is 21.9 Å². The molecule has 1 saturated carbocycles. The summed E-state index contributed by atoms with van der Waals surface area (Å²) >= 11 is 3.54. The van der Waals surface area contributed by atoms with Crippen LogP contribution >= 0.6 is 15.9 Å². The summed E-state index contributed by atoms with van der Waals surface area (Å²) in [5.74, 6) is 0.340. The van der Waals surface area contributed by atoms with Crippen molar-refractivity contribution in [3.63, 3.8) is 0 Å². The first-order valence-corrected chi connectivity index (χ1v) is 10.3. The van der Waals surface area contributed by atoms with Crippen molar-refractivity contribution in [1.82, 2.24) is 19.4 Å². The summed E-state index contributed by atoms with van der Waals surface area (Å²) in [6, 6.07) is 6.10. The highest BCUT2D eigenvalue weighted by molar-refractivity contribution is 9.10. The summed E-state index contributed by atoms with van der Waals surface area (Å²) in [4.78, 5) is 28.9. The molecule has 3 aromatic rings. The molecule has 1 fully saturated rings. The maximum atomic E-state index is 13.1. The summed E-state index contributed by atoms with van der Waals surface area (Å²) in [6.07, 6.45) is 5.02. The minimum Gasteiger partial charge on any atom is -0.449 e. The molecule has 4 rings (SSSR count). The molecule has 2 heterocycles. The van der Waals surface area contributed by atoms with Crippen LogP contribution in [0.5, 0.6) is 0 Å². The largest absolute Gasteiger partial charge is 0.449 e. The number of benzene rings is 1. The molecule has 1 aliphatic rings. The lowest BCUT2D eigenvalue weighted by molar-refractivity contribution is 0.111. The molecule has 1 aromatic carbocycles. The van der Waals surface area contributed by atoms with E-state index in [9.17, 15) is 9.59 Å². The quantitative estimate of drug-likeness (QED) is 0.664. The third-order valence-electron chi connectivity index (χ3n) is 5.71. The van der Waals surface area contributed by atoms with E-state index in [0.717, 1.165) is 52.1 Å². The van der Waals surface area contributed by atoms with Crippen LogP contribution in [0.2, 0.25) is 0 Å². The molecular weight excluding hydrogens is 424 g/mol. The zero-order valence-corrected chi connectivity index (χ0v) is 17.5. The number of amides is 1. The Hall–Kier alpha value is -2.35. The van der Waals surface area contributed by atoms with Gasteiger partial charge in [0.2, 0.25) is 0 Å². The summed E-state index contributed by atoms with van der Waals surface area (Å²) in [5, 5.41) is 3.45. The van der Waals surface area contributed by atoms with Crippen LogP contribution in [-0.2, 0) is 11.8 Å². The lowest BCUT2D eigenvalue weighted by Crippen LogP contribution is -2.30. The number of nitrogens with one attached hydrogen (secondary N) is 1. The summed E-state index contributed by atoms with van der Waals surface area (Å²) < 4.78 is 9.80. The van der Waals surface area contributed by atoms with Crippen molar-refractivity contribution in [2.75, 3.05) is 13.7 Å². The first kappa shape index (κ1) is 19.0. The number of pyridine rings is 1. The molecule has 8 heteroatoms. The maximum Gasteiger partial charge on any atom is 0.406 e. The van der Waals surface area contributed by atoms with E-state index in [4.69, 9.17) is 4.74 Å². The molecule has 148 valence electrons. The van der Waals surface area contributed by atoms with Crippen LogP contribution in [0.4, 0.5) is 4.79 Å². The Morgan fingerprint density at radius 2 is 2.07 bits per heavy atom. The molecule has 0 bridgehead atoms. The van der Waals surface area contributed by atoms with E-state index in [1.807, 2.05) is 22.8 Å². The number of imidazole rings is 1. The molecule has 0 unspecified atom stereocenters. The van der Waals surface area contributed by atoms with Crippen molar-refractivity contribution >= 4 is 44.0 Å². The van der Waals surface area contributed by atoms with Gasteiger partial charge in [-0.15, -0.1) is 0 Å². The van der Waals surface area contributed by atoms with Crippen molar-refractivity contribution in [2.24, 2.45) is 13.0 Å². The molecule has 1 aliphatic carbocycles. The van der Waals surface area contributed by atoms with Crippen molar-refractivity contribution in [2.45, 2.75) is 31.7 Å². The van der Waals surface area contributed by atoms with Gasteiger partial charge in [0.15, 0.2) is 0 Å². The molecule has 1 amide bonds. The zero-order valence-electron chi connectivity index (χ0n) is 15.9. The molecular formula is C20H23BrN4O3. The number of aromatic nitrogens is 3. The predicted octanol–water partition coefficient (Wildman–Crippen LogP) is 3.74. The van der Waals surface area contributed by atoms with Crippen molar-refractivity contribution < 1.29 is 9.53 Å². The minimum absolute atomic E-state index is 0.00524. The molecule has 7 nitrogen and oxygen atoms in total. The minimum atomic E-state index is -0.392. The van der Waals surface area contributed by atoms with Crippen LogP contribution in [0, 0.1) is 5.92 Å². The van der Waals surface area contributed by atoms with Crippen molar-refractivity contribution in [3.8, 4) is 0 Å². The molecule has 0 radical (unpaired) electrons. The Balaban J connectivity index is 1.68. The second-order valence-electron chi connectivity index (χ2n) is 7.39. The lowest BCUT2D eigenvalue weighted by Gasteiger charge is -2.29. The fourth-order valence-corrected chi connectivity index (χ4v) is 4.53. The third-order valence-corrected chi connectivity index (χ3v) is 6.21. The van der Waals surface area contributed by atoms with E-state index in [1.54, 1.807) is 24.9 Å². The van der Waals surface area contributed by atoms with Gasteiger partial charge >= 0.3 is 11.8 Å². The molecule has 28 heavy (non-hydrogen) atoms. The topological polar surface area (TPSA) is 78.1 Å². The average molecular weight is 447 g/mol. The Kier molecular flexibility index (Phi) is 5.14. The number of fused-ring (bicyclic) bond motifs is 3. The summed E-state index contributed by atoms with van der Waals surface area (Å²) in [6.45, 7) is 0.427. The van der Waals surface area contributed by atoms with Gasteiger partial charge < -0.3 is 10.1 Å². The van der Waals surface area contributed by atoms with Gasteiger partial charge in [0.05, 0.1) is 29.4 Å². The second kappa shape index (κ2) is 7.58. The SMILES string of the molecule is CNC(=O)OCC1CCC(n2c(=O)n(C)c3cnc4ccc(Br)cc4c32)CC1. The van der Waals surface area contributed by atoms with Crippen molar-refractivity contribution in [1.29, 1.82) is 0 Å². The highest BCUT2D eigenvalue weighted by Gasteiger charge is 2.27. The number of carbonyl (C=O) groups excluding carboxylic acids is 1. The summed E-state index contributed by atoms with van der Waals surface area (Å²) in [5.41, 5.74) is 2.67. The van der Waals surface area contributed by atoms with E-state index in [-0.39, 0.29) is 11.7 Å².